The Labute approximate surface area is 472 Å². The van der Waals surface area contributed by atoms with Gasteiger partial charge < -0.3 is 40.1 Å². The zero-order valence-corrected chi connectivity index (χ0v) is 49.6. The number of halogens is 7. The van der Waals surface area contributed by atoms with Crippen molar-refractivity contribution in [2.75, 3.05) is 58.9 Å². The highest BCUT2D eigenvalue weighted by Crippen LogP contribution is 2.39. The number of hydrogen-bond donors (Lipinski definition) is 3. The van der Waals surface area contributed by atoms with Crippen LogP contribution in [-0.2, 0) is 51.0 Å². The Hall–Kier alpha value is -4.43. The predicted molar refractivity (Wildman–Crippen MR) is 290 cm³/mol. The lowest BCUT2D eigenvalue weighted by atomic mass is 10.0. The number of benzene rings is 2. The average Bonchev–Trinajstić information content (AvgIpc) is 4.21. The summed E-state index contributed by atoms with van der Waals surface area (Å²) in [6.07, 6.45) is 2.04. The molecule has 0 aromatic heterocycles. The van der Waals surface area contributed by atoms with Crippen molar-refractivity contribution < 1.29 is 71.8 Å². The van der Waals surface area contributed by atoms with E-state index in [0.717, 1.165) is 38.4 Å². The van der Waals surface area contributed by atoms with Crippen molar-refractivity contribution in [3.8, 4) is 0 Å². The highest BCUT2D eigenvalue weighted by Gasteiger charge is 2.50. The minimum atomic E-state index is -3.35. The third-order valence-corrected chi connectivity index (χ3v) is 18.9. The first-order valence-corrected chi connectivity index (χ1v) is 31.3. The molecular weight excluding hydrogens is 1120 g/mol. The monoisotopic (exact) mass is 1200 g/mol. The van der Waals surface area contributed by atoms with Crippen molar-refractivity contribution in [3.63, 3.8) is 0 Å². The van der Waals surface area contributed by atoms with Crippen LogP contribution in [0.2, 0.25) is 0 Å². The molecule has 0 bridgehead atoms. The number of hydrogen-bond acceptors (Lipinski definition) is 12. The highest BCUT2D eigenvalue weighted by molar-refractivity contribution is 8.14. The summed E-state index contributed by atoms with van der Waals surface area (Å²) in [6, 6.07) is 0.405. The van der Waals surface area contributed by atoms with Gasteiger partial charge in [0.15, 0.2) is 23.3 Å². The van der Waals surface area contributed by atoms with E-state index in [4.69, 9.17) is 20.2 Å². The van der Waals surface area contributed by atoms with Crippen LogP contribution in [0.25, 0.3) is 0 Å². The van der Waals surface area contributed by atoms with Crippen molar-refractivity contribution >= 4 is 53.8 Å². The molecule has 4 amide bonds. The smallest absolute Gasteiger partial charge is 0.407 e. The molecule has 26 heteroatoms. The molecule has 452 valence electrons. The van der Waals surface area contributed by atoms with E-state index in [0.29, 0.717) is 63.0 Å². The molecule has 2 saturated carbocycles. The fraction of sp³-hybridized carbons (Fsp3) is 0.704. The van der Waals surface area contributed by atoms with Gasteiger partial charge in [0.25, 0.3) is 0 Å². The first-order chi connectivity index (χ1) is 37.2. The van der Waals surface area contributed by atoms with Gasteiger partial charge in [0.1, 0.15) is 22.8 Å². The maximum Gasteiger partial charge on any atom is 0.407 e. The summed E-state index contributed by atoms with van der Waals surface area (Å²) >= 11 is 0. The molecule has 17 nitrogen and oxygen atoms in total. The van der Waals surface area contributed by atoms with Crippen molar-refractivity contribution in [2.45, 2.75) is 172 Å². The van der Waals surface area contributed by atoms with E-state index in [1.54, 1.807) is 51.3 Å². The molecule has 2 aromatic carbocycles. The Morgan fingerprint density at radius 3 is 1.40 bits per heavy atom. The summed E-state index contributed by atoms with van der Waals surface area (Å²) in [4.78, 5) is 56.7. The molecule has 0 unspecified atom stereocenters. The molecule has 6 fully saturated rings. The lowest BCUT2D eigenvalue weighted by Crippen LogP contribution is -2.46. The van der Waals surface area contributed by atoms with Gasteiger partial charge in [0, 0.05) is 99.1 Å². The lowest BCUT2D eigenvalue weighted by Gasteiger charge is -2.28. The van der Waals surface area contributed by atoms with Gasteiger partial charge in [-0.25, -0.2) is 52.8 Å². The molecule has 0 radical (unpaired) electrons. The average molecular weight is 1200 g/mol. The van der Waals surface area contributed by atoms with Crippen molar-refractivity contribution in [2.24, 2.45) is 11.8 Å². The number of carbonyl (C=O) groups excluding carboxylic acids is 4. The largest absolute Gasteiger partial charge is 0.444 e. The normalized spacial score (nSPS) is 21.7. The zero-order valence-electron chi connectivity index (χ0n) is 47.2. The maximum atomic E-state index is 14.3. The quantitative estimate of drug-likeness (QED) is 0.0838. The van der Waals surface area contributed by atoms with Crippen LogP contribution in [0.5, 0.6) is 0 Å². The van der Waals surface area contributed by atoms with Crippen LogP contribution < -0.4 is 16.0 Å². The topological polar surface area (TPSA) is 204 Å². The summed E-state index contributed by atoms with van der Waals surface area (Å²) in [6.45, 7) is 23.5. The molecule has 3 N–H and O–H groups in total. The predicted octanol–water partition coefficient (Wildman–Crippen LogP) is 7.77. The Balaban J connectivity index is 0.000000239. The summed E-state index contributed by atoms with van der Waals surface area (Å²) in [5, 5.41) is 7.88. The van der Waals surface area contributed by atoms with Crippen LogP contribution in [0, 0.1) is 46.7 Å². The molecule has 6 aliphatic rings. The van der Waals surface area contributed by atoms with E-state index in [1.807, 2.05) is 0 Å². The van der Waals surface area contributed by atoms with Gasteiger partial charge in [0.2, 0.25) is 30.9 Å². The maximum absolute atomic E-state index is 14.3. The number of fused-ring (bicyclic) bond motifs is 2. The molecule has 6 atom stereocenters. The van der Waals surface area contributed by atoms with Gasteiger partial charge in [0.05, 0.1) is 10.5 Å². The Morgan fingerprint density at radius 1 is 0.613 bits per heavy atom. The van der Waals surface area contributed by atoms with Gasteiger partial charge >= 0.3 is 12.2 Å². The molecule has 4 saturated heterocycles. The second-order valence-electron chi connectivity index (χ2n) is 23.1. The van der Waals surface area contributed by atoms with Gasteiger partial charge in [-0.15, -0.1) is 0 Å². The molecular formula is C54H80ClF6N7O10S2. The number of sulfonamides is 1. The molecule has 2 aromatic rings. The second-order valence-corrected chi connectivity index (χ2v) is 28.3. The molecule has 80 heavy (non-hydrogen) atoms. The Morgan fingerprint density at radius 2 is 1.02 bits per heavy atom. The first-order valence-electron chi connectivity index (χ1n) is 27.4. The number of alkyl carbamates (subject to hydrolysis) is 2. The van der Waals surface area contributed by atoms with Crippen LogP contribution in [0.1, 0.15) is 125 Å². The van der Waals surface area contributed by atoms with Crippen LogP contribution in [0.4, 0.5) is 35.9 Å². The van der Waals surface area contributed by atoms with E-state index in [1.165, 1.54) is 23.9 Å². The van der Waals surface area contributed by atoms with E-state index in [-0.39, 0.29) is 83.7 Å². The van der Waals surface area contributed by atoms with Gasteiger partial charge in [-0.05, 0) is 148 Å². The zero-order chi connectivity index (χ0) is 59.7. The van der Waals surface area contributed by atoms with Crippen LogP contribution in [0.15, 0.2) is 24.3 Å². The SMILES string of the molecule is CC(C)(C)OC(=O)N[C@@H](CC(=O)N1CC[C@H]2CN(S(=O)(=O)C3CC3)C[C@H]21)Cc1cc(F)c(F)cc1F.CC(C)(C)OC(=O)N[C@@H](CC(=O)N1CC[C@H]2CNC[C@H]21)Cc1cc(F)c(F)cc1F.CCN(CC)CC.O=S(=O)(Cl)C1CC1. The first kappa shape index (κ1) is 66.4. The Kier molecular flexibility index (Phi) is 23.4. The molecule has 0 spiro atoms. The van der Waals surface area contributed by atoms with E-state index >= 15 is 0 Å². The molecule has 4 aliphatic heterocycles. The summed E-state index contributed by atoms with van der Waals surface area (Å²) in [7, 11) is -1.61. The number of amides is 4. The standard InChI is InChI=1S/C24H32F3N3O5S.C21H28F3N3O3.C6H15N.C3H5ClO2S/c1-24(2,3)35-23(32)28-16(8-15-9-19(26)20(27)11-18(15)25)10-22(31)30-7-6-14-12-29(13-21(14)30)36(33,34)17-4-5-17;1-21(2,3)30-20(29)26-14(6-13-7-16(23)17(24)9-15(13)22)8-19(28)27-5-4-12-10-25-11-18(12)27;1-4-7(5-2)6-3;4-7(5,6)3-1-2-3/h9,11,14,16-17,21H,4-8,10,12-13H2,1-3H3,(H,28,32);7,9,12,14,18,25H,4-6,8,10-11H2,1-3H3,(H,26,29);4-6H2,1-3H3;3H,1-2H2/t14-,16+,21+;12-,14+,18+;;/m00../s1. The van der Waals surface area contributed by atoms with Gasteiger partial charge in [-0.3, -0.25) is 9.59 Å². The van der Waals surface area contributed by atoms with Gasteiger partial charge in [-0.1, -0.05) is 20.8 Å². The summed E-state index contributed by atoms with van der Waals surface area (Å²) in [5.74, 6) is -7.04. The third kappa shape index (κ3) is 19.9. The van der Waals surface area contributed by atoms with Crippen molar-refractivity contribution in [3.05, 3.63) is 70.3 Å². The van der Waals surface area contributed by atoms with E-state index in [2.05, 4.69) is 41.6 Å². The van der Waals surface area contributed by atoms with Crippen LogP contribution in [0.3, 0.4) is 0 Å². The minimum Gasteiger partial charge on any atom is -0.444 e. The molecule has 4 heterocycles. The Bertz CT molecular complexity index is 2700. The third-order valence-electron chi connectivity index (χ3n) is 14.6. The van der Waals surface area contributed by atoms with Crippen molar-refractivity contribution in [1.82, 2.24) is 35.0 Å². The number of nitrogens with one attached hydrogen (secondary N) is 3. The highest BCUT2D eigenvalue weighted by atomic mass is 35.7. The number of carbonyl (C=O) groups is 4. The van der Waals surface area contributed by atoms with E-state index in [9.17, 15) is 62.4 Å². The number of ether oxygens (including phenoxy) is 2. The lowest BCUT2D eigenvalue weighted by molar-refractivity contribution is -0.133. The van der Waals surface area contributed by atoms with Gasteiger partial charge in [-0.2, -0.15) is 4.31 Å². The molecule has 8 rings (SSSR count). The summed E-state index contributed by atoms with van der Waals surface area (Å²) < 4.78 is 140. The minimum absolute atomic E-state index is 0.0309. The second kappa shape index (κ2) is 28.2. The number of rotatable bonds is 16. The van der Waals surface area contributed by atoms with Crippen LogP contribution >= 0.6 is 10.7 Å². The van der Waals surface area contributed by atoms with Crippen molar-refractivity contribution in [1.29, 1.82) is 0 Å². The number of nitrogens with zero attached hydrogens (tertiary/aromatic N) is 4. The summed E-state index contributed by atoms with van der Waals surface area (Å²) in [5.41, 5.74) is -1.90. The number of likely N-dealkylation sites (tertiary alicyclic amines) is 2. The fourth-order valence-corrected chi connectivity index (χ4v) is 13.3. The fourth-order valence-electron chi connectivity index (χ4n) is 10.1. The molecule has 2 aliphatic carbocycles. The van der Waals surface area contributed by atoms with E-state index < -0.39 is 89.4 Å². The van der Waals surface area contributed by atoms with Crippen LogP contribution in [-0.4, -0.2) is 165 Å².